The minimum absolute atomic E-state index is 0.248. The Morgan fingerprint density at radius 2 is 2.36 bits per heavy atom. The summed E-state index contributed by atoms with van der Waals surface area (Å²) in [5.41, 5.74) is 0.969. The van der Waals surface area contributed by atoms with Crippen molar-refractivity contribution in [3.63, 3.8) is 0 Å². The molecule has 76 valence electrons. The van der Waals surface area contributed by atoms with Crippen molar-refractivity contribution in [1.82, 2.24) is 10.3 Å². The highest BCUT2D eigenvalue weighted by atomic mass is 19.1. The Labute approximate surface area is 83.6 Å². The van der Waals surface area contributed by atoms with Crippen LogP contribution in [0.1, 0.15) is 31.4 Å². The molecule has 1 aliphatic rings. The number of halogens is 1. The molecule has 1 N–H and O–H groups in total. The number of nitrogens with zero attached hydrogens (tertiary/aromatic N) is 1. The van der Waals surface area contributed by atoms with E-state index in [4.69, 9.17) is 0 Å². The van der Waals surface area contributed by atoms with Gasteiger partial charge >= 0.3 is 0 Å². The molecule has 1 aromatic heterocycles. The number of hydrogen-bond donors (Lipinski definition) is 1. The van der Waals surface area contributed by atoms with Crippen molar-refractivity contribution >= 4 is 0 Å². The lowest BCUT2D eigenvalue weighted by molar-refractivity contribution is 0.324. The van der Waals surface area contributed by atoms with E-state index in [1.807, 2.05) is 0 Å². The van der Waals surface area contributed by atoms with Crippen LogP contribution in [0.4, 0.5) is 4.39 Å². The molecule has 14 heavy (non-hydrogen) atoms. The van der Waals surface area contributed by atoms with Crippen LogP contribution in [0.15, 0.2) is 18.5 Å². The lowest BCUT2D eigenvalue weighted by Crippen LogP contribution is -2.30. The number of nitrogens with one attached hydrogen (secondary N) is 1. The van der Waals surface area contributed by atoms with Crippen molar-refractivity contribution in [2.24, 2.45) is 5.92 Å². The molecule has 0 amide bonds. The van der Waals surface area contributed by atoms with E-state index in [1.165, 1.54) is 12.6 Å². The quantitative estimate of drug-likeness (QED) is 0.742. The largest absolute Gasteiger partial charge is 0.310 e. The van der Waals surface area contributed by atoms with Crippen LogP contribution in [-0.2, 0) is 0 Å². The monoisotopic (exact) mass is 194 g/mol. The molecule has 0 saturated carbocycles. The number of aromatic nitrogens is 1. The first-order valence-electron chi connectivity index (χ1n) is 5.09. The highest BCUT2D eigenvalue weighted by molar-refractivity contribution is 5.15. The van der Waals surface area contributed by atoms with Crippen LogP contribution in [0.5, 0.6) is 0 Å². The molecular weight excluding hydrogens is 179 g/mol. The van der Waals surface area contributed by atoms with E-state index >= 15 is 0 Å². The smallest absolute Gasteiger partial charge is 0.141 e. The number of piperidine rings is 1. The van der Waals surface area contributed by atoms with Crippen LogP contribution < -0.4 is 5.32 Å². The second-order valence-electron chi connectivity index (χ2n) is 4.07. The van der Waals surface area contributed by atoms with Gasteiger partial charge < -0.3 is 5.32 Å². The SMILES string of the molecule is CC1CCNC(c2cncc(F)c2)C1. The molecule has 1 aliphatic heterocycles. The number of rotatable bonds is 1. The Morgan fingerprint density at radius 1 is 1.50 bits per heavy atom. The fourth-order valence-corrected chi connectivity index (χ4v) is 1.98. The molecule has 0 aromatic carbocycles. The highest BCUT2D eigenvalue weighted by Gasteiger charge is 2.19. The Balaban J connectivity index is 2.14. The fourth-order valence-electron chi connectivity index (χ4n) is 1.98. The molecule has 1 saturated heterocycles. The Kier molecular flexibility index (Phi) is 2.77. The molecule has 1 fully saturated rings. The third-order valence-electron chi connectivity index (χ3n) is 2.79. The van der Waals surface area contributed by atoms with Gasteiger partial charge in [-0.15, -0.1) is 0 Å². The summed E-state index contributed by atoms with van der Waals surface area (Å²) in [6, 6.07) is 1.85. The van der Waals surface area contributed by atoms with Gasteiger partial charge in [-0.3, -0.25) is 4.98 Å². The molecule has 2 heterocycles. The van der Waals surface area contributed by atoms with E-state index in [0.29, 0.717) is 5.92 Å². The van der Waals surface area contributed by atoms with Gasteiger partial charge in [0.25, 0.3) is 0 Å². The zero-order chi connectivity index (χ0) is 9.97. The van der Waals surface area contributed by atoms with E-state index in [9.17, 15) is 4.39 Å². The topological polar surface area (TPSA) is 24.9 Å². The summed E-state index contributed by atoms with van der Waals surface area (Å²) < 4.78 is 12.9. The molecule has 2 unspecified atom stereocenters. The summed E-state index contributed by atoms with van der Waals surface area (Å²) in [6.07, 6.45) is 5.28. The van der Waals surface area contributed by atoms with E-state index < -0.39 is 0 Å². The molecule has 0 bridgehead atoms. The van der Waals surface area contributed by atoms with Crippen LogP contribution in [0.2, 0.25) is 0 Å². The van der Waals surface area contributed by atoms with Crippen LogP contribution in [-0.4, -0.2) is 11.5 Å². The number of hydrogen-bond acceptors (Lipinski definition) is 2. The summed E-state index contributed by atoms with van der Waals surface area (Å²) in [5, 5.41) is 3.39. The van der Waals surface area contributed by atoms with Crippen molar-refractivity contribution in [1.29, 1.82) is 0 Å². The molecule has 3 heteroatoms. The van der Waals surface area contributed by atoms with Crippen LogP contribution in [0, 0.1) is 11.7 Å². The molecular formula is C11H15FN2. The predicted molar refractivity (Wildman–Crippen MR) is 53.3 cm³/mol. The highest BCUT2D eigenvalue weighted by Crippen LogP contribution is 2.26. The van der Waals surface area contributed by atoms with Crippen molar-refractivity contribution in [3.8, 4) is 0 Å². The Hall–Kier alpha value is -0.960. The van der Waals surface area contributed by atoms with E-state index in [2.05, 4.69) is 17.2 Å². The van der Waals surface area contributed by atoms with Gasteiger partial charge in [0.2, 0.25) is 0 Å². The molecule has 0 radical (unpaired) electrons. The van der Waals surface area contributed by atoms with Crippen LogP contribution >= 0.6 is 0 Å². The molecule has 1 aromatic rings. The lowest BCUT2D eigenvalue weighted by atomic mass is 9.91. The third kappa shape index (κ3) is 2.10. The molecule has 2 nitrogen and oxygen atoms in total. The normalized spacial score (nSPS) is 27.6. The lowest BCUT2D eigenvalue weighted by Gasteiger charge is -2.28. The average Bonchev–Trinajstić information content (AvgIpc) is 2.18. The van der Waals surface area contributed by atoms with Crippen molar-refractivity contribution in [2.75, 3.05) is 6.54 Å². The first-order valence-corrected chi connectivity index (χ1v) is 5.09. The van der Waals surface area contributed by atoms with Gasteiger partial charge in [-0.1, -0.05) is 6.92 Å². The van der Waals surface area contributed by atoms with Crippen molar-refractivity contribution in [3.05, 3.63) is 29.8 Å². The molecule has 0 spiro atoms. The Morgan fingerprint density at radius 3 is 3.07 bits per heavy atom. The summed E-state index contributed by atoms with van der Waals surface area (Å²) in [7, 11) is 0. The summed E-state index contributed by atoms with van der Waals surface area (Å²) >= 11 is 0. The van der Waals surface area contributed by atoms with Crippen LogP contribution in [0.3, 0.4) is 0 Å². The van der Waals surface area contributed by atoms with E-state index in [1.54, 1.807) is 12.3 Å². The molecule has 0 aliphatic carbocycles. The molecule has 2 atom stereocenters. The first kappa shape index (κ1) is 9.59. The summed E-state index contributed by atoms with van der Waals surface area (Å²) in [6.45, 7) is 3.25. The third-order valence-corrected chi connectivity index (χ3v) is 2.79. The van der Waals surface area contributed by atoms with Crippen molar-refractivity contribution in [2.45, 2.75) is 25.8 Å². The summed E-state index contributed by atoms with van der Waals surface area (Å²) in [4.78, 5) is 3.87. The fraction of sp³-hybridized carbons (Fsp3) is 0.545. The van der Waals surface area contributed by atoms with E-state index in [0.717, 1.165) is 18.5 Å². The maximum atomic E-state index is 12.9. The maximum Gasteiger partial charge on any atom is 0.141 e. The van der Waals surface area contributed by atoms with Gasteiger partial charge in [-0.05, 0) is 36.9 Å². The predicted octanol–water partition coefficient (Wildman–Crippen LogP) is 2.28. The van der Waals surface area contributed by atoms with Gasteiger partial charge in [0.05, 0.1) is 6.20 Å². The molecule has 2 rings (SSSR count). The zero-order valence-corrected chi connectivity index (χ0v) is 8.33. The van der Waals surface area contributed by atoms with Gasteiger partial charge in [0, 0.05) is 12.2 Å². The van der Waals surface area contributed by atoms with Crippen LogP contribution in [0.25, 0.3) is 0 Å². The maximum absolute atomic E-state index is 12.9. The standard InChI is InChI=1S/C11H15FN2/c1-8-2-3-14-11(4-8)9-5-10(12)7-13-6-9/h5-8,11,14H,2-4H2,1H3. The summed E-state index contributed by atoms with van der Waals surface area (Å²) in [5.74, 6) is 0.465. The van der Waals surface area contributed by atoms with Gasteiger partial charge in [0.1, 0.15) is 5.82 Å². The average molecular weight is 194 g/mol. The van der Waals surface area contributed by atoms with Crippen molar-refractivity contribution < 1.29 is 4.39 Å². The van der Waals surface area contributed by atoms with Gasteiger partial charge in [0.15, 0.2) is 0 Å². The second kappa shape index (κ2) is 4.05. The number of pyridine rings is 1. The van der Waals surface area contributed by atoms with Gasteiger partial charge in [-0.2, -0.15) is 0 Å². The Bertz CT molecular complexity index is 314. The zero-order valence-electron chi connectivity index (χ0n) is 8.33. The van der Waals surface area contributed by atoms with E-state index in [-0.39, 0.29) is 11.9 Å². The minimum atomic E-state index is -0.248. The second-order valence-corrected chi connectivity index (χ2v) is 4.07. The van der Waals surface area contributed by atoms with Gasteiger partial charge in [-0.25, -0.2) is 4.39 Å². The minimum Gasteiger partial charge on any atom is -0.310 e. The first-order chi connectivity index (χ1) is 6.75.